The number of nitrogens with one attached hydrogen (secondary N) is 3. The average Bonchev–Trinajstić information content (AvgIpc) is 2.79. The van der Waals surface area contributed by atoms with Crippen LogP contribution in [0.4, 0.5) is 0 Å². The number of carbonyl (C=O) groups is 4. The molecule has 3 amide bonds. The van der Waals surface area contributed by atoms with Gasteiger partial charge in [-0.15, -0.1) is 0 Å². The van der Waals surface area contributed by atoms with Crippen molar-refractivity contribution in [3.63, 3.8) is 0 Å². The molecule has 1 rings (SSSR count). The number of carbonyl (C=O) groups excluding carboxylic acids is 3. The summed E-state index contributed by atoms with van der Waals surface area (Å²) in [6, 6.07) is 1.35. The molecule has 0 aliphatic carbocycles. The van der Waals surface area contributed by atoms with Crippen molar-refractivity contribution < 1.29 is 34.5 Å². The van der Waals surface area contributed by atoms with Crippen LogP contribution in [0, 0.1) is 11.8 Å². The van der Waals surface area contributed by atoms with Gasteiger partial charge in [0.05, 0.1) is 12.1 Å². The van der Waals surface area contributed by atoms with Gasteiger partial charge in [0, 0.05) is 6.42 Å². The molecule has 8 N–H and O–H groups in total. The van der Waals surface area contributed by atoms with Gasteiger partial charge < -0.3 is 37.0 Å². The van der Waals surface area contributed by atoms with Crippen molar-refractivity contribution in [3.05, 3.63) is 29.8 Å². The first-order valence-corrected chi connectivity index (χ1v) is 12.1. The molecule has 202 valence electrons. The van der Waals surface area contributed by atoms with Crippen LogP contribution in [-0.4, -0.2) is 69.3 Å². The number of aliphatic carboxylic acids is 1. The Labute approximate surface area is 211 Å². The number of carboxylic acids is 1. The van der Waals surface area contributed by atoms with Crippen LogP contribution in [0.15, 0.2) is 24.3 Å². The predicted octanol–water partition coefficient (Wildman–Crippen LogP) is 0.274. The van der Waals surface area contributed by atoms with E-state index in [1.54, 1.807) is 19.1 Å². The van der Waals surface area contributed by atoms with Gasteiger partial charge in [0.2, 0.25) is 17.7 Å². The first-order chi connectivity index (χ1) is 16.8. The second-order valence-corrected chi connectivity index (χ2v) is 9.60. The van der Waals surface area contributed by atoms with Crippen molar-refractivity contribution in [2.75, 3.05) is 0 Å². The molecule has 0 aromatic heterocycles. The Hall–Kier alpha value is -3.18. The predicted molar refractivity (Wildman–Crippen MR) is 134 cm³/mol. The summed E-state index contributed by atoms with van der Waals surface area (Å²) in [6.07, 6.45) is -0.429. The van der Waals surface area contributed by atoms with E-state index in [-0.39, 0.29) is 24.0 Å². The SMILES string of the molecule is CCC(C)C(NC(=O)C(N)CC(C)C)C(=O)NC(Cc1ccc(O)cc1)C(=O)NC(C(=O)O)C(C)O. The first-order valence-electron chi connectivity index (χ1n) is 12.1. The number of amides is 3. The van der Waals surface area contributed by atoms with Gasteiger partial charge in [-0.25, -0.2) is 4.79 Å². The molecule has 0 radical (unpaired) electrons. The number of hydrogen-bond donors (Lipinski definition) is 7. The van der Waals surface area contributed by atoms with Crippen LogP contribution >= 0.6 is 0 Å². The van der Waals surface area contributed by atoms with Crippen LogP contribution in [0.3, 0.4) is 0 Å². The quantitative estimate of drug-likeness (QED) is 0.186. The van der Waals surface area contributed by atoms with Crippen LogP contribution in [-0.2, 0) is 25.6 Å². The monoisotopic (exact) mass is 508 g/mol. The fourth-order valence-corrected chi connectivity index (χ4v) is 3.56. The van der Waals surface area contributed by atoms with Gasteiger partial charge in [-0.2, -0.15) is 0 Å². The normalized spacial score (nSPS) is 16.2. The van der Waals surface area contributed by atoms with Gasteiger partial charge in [-0.1, -0.05) is 46.2 Å². The maximum atomic E-state index is 13.3. The van der Waals surface area contributed by atoms with Crippen LogP contribution < -0.4 is 21.7 Å². The van der Waals surface area contributed by atoms with Gasteiger partial charge in [0.1, 0.15) is 17.8 Å². The standard InChI is InChI=1S/C25H40N4O7/c1-6-14(4)20(28-22(32)18(26)11-13(2)3)24(34)27-19(12-16-7-9-17(31)10-8-16)23(33)29-21(15(5)30)25(35)36/h7-10,13-15,18-21,30-31H,6,11-12,26H2,1-5H3,(H,27,34)(H,28,32)(H,29,33)(H,35,36). The third-order valence-corrected chi connectivity index (χ3v) is 5.91. The Bertz CT molecular complexity index is 889. The lowest BCUT2D eigenvalue weighted by atomic mass is 9.96. The van der Waals surface area contributed by atoms with Crippen molar-refractivity contribution in [2.45, 2.75) is 84.2 Å². The van der Waals surface area contributed by atoms with Crippen LogP contribution in [0.1, 0.15) is 53.0 Å². The molecule has 0 saturated carbocycles. The van der Waals surface area contributed by atoms with Crippen molar-refractivity contribution in [1.82, 2.24) is 16.0 Å². The fourth-order valence-electron chi connectivity index (χ4n) is 3.56. The summed E-state index contributed by atoms with van der Waals surface area (Å²) in [5, 5.41) is 36.2. The maximum Gasteiger partial charge on any atom is 0.328 e. The number of aromatic hydroxyl groups is 1. The molecule has 0 aliphatic rings. The van der Waals surface area contributed by atoms with E-state index in [1.165, 1.54) is 19.1 Å². The Morgan fingerprint density at radius 2 is 1.44 bits per heavy atom. The van der Waals surface area contributed by atoms with Gasteiger partial charge in [-0.3, -0.25) is 14.4 Å². The minimum Gasteiger partial charge on any atom is -0.508 e. The lowest BCUT2D eigenvalue weighted by Gasteiger charge is -2.28. The van der Waals surface area contributed by atoms with E-state index in [0.717, 1.165) is 0 Å². The number of phenolic OH excluding ortho intramolecular Hbond substituents is 1. The van der Waals surface area contributed by atoms with E-state index in [4.69, 9.17) is 5.73 Å². The molecule has 0 aliphatic heterocycles. The topological polar surface area (TPSA) is 191 Å². The molecule has 11 nitrogen and oxygen atoms in total. The van der Waals surface area contributed by atoms with Crippen molar-refractivity contribution >= 4 is 23.7 Å². The van der Waals surface area contributed by atoms with E-state index in [1.807, 2.05) is 20.8 Å². The third-order valence-electron chi connectivity index (χ3n) is 5.91. The van der Waals surface area contributed by atoms with Gasteiger partial charge >= 0.3 is 5.97 Å². The van der Waals surface area contributed by atoms with E-state index in [9.17, 15) is 34.5 Å². The number of aliphatic hydroxyl groups is 1. The highest BCUT2D eigenvalue weighted by molar-refractivity contribution is 5.94. The molecule has 11 heteroatoms. The molecule has 0 spiro atoms. The summed E-state index contributed by atoms with van der Waals surface area (Å²) in [5.41, 5.74) is 6.56. The van der Waals surface area contributed by atoms with Crippen molar-refractivity contribution in [1.29, 1.82) is 0 Å². The minimum atomic E-state index is -1.59. The zero-order chi connectivity index (χ0) is 27.6. The van der Waals surface area contributed by atoms with Gasteiger partial charge in [-0.05, 0) is 42.9 Å². The number of phenols is 1. The highest BCUT2D eigenvalue weighted by Gasteiger charge is 2.33. The van der Waals surface area contributed by atoms with Crippen molar-refractivity contribution in [3.8, 4) is 5.75 Å². The number of carboxylic acid groups (broad SMARTS) is 1. The second-order valence-electron chi connectivity index (χ2n) is 9.60. The summed E-state index contributed by atoms with van der Waals surface area (Å²) in [7, 11) is 0. The zero-order valence-corrected chi connectivity index (χ0v) is 21.5. The summed E-state index contributed by atoms with van der Waals surface area (Å²) in [4.78, 5) is 50.4. The highest BCUT2D eigenvalue weighted by atomic mass is 16.4. The summed E-state index contributed by atoms with van der Waals surface area (Å²) < 4.78 is 0. The molecule has 0 bridgehead atoms. The van der Waals surface area contributed by atoms with Gasteiger partial charge in [0.15, 0.2) is 6.04 Å². The lowest BCUT2D eigenvalue weighted by Crippen LogP contribution is -2.60. The van der Waals surface area contributed by atoms with Gasteiger partial charge in [0.25, 0.3) is 0 Å². The molecule has 1 aromatic rings. The van der Waals surface area contributed by atoms with Crippen LogP contribution in [0.25, 0.3) is 0 Å². The molecule has 0 saturated heterocycles. The number of aliphatic hydroxyl groups excluding tert-OH is 1. The number of benzene rings is 1. The minimum absolute atomic E-state index is 0.0149. The van der Waals surface area contributed by atoms with E-state index >= 15 is 0 Å². The highest BCUT2D eigenvalue weighted by Crippen LogP contribution is 2.14. The van der Waals surface area contributed by atoms with E-state index in [0.29, 0.717) is 18.4 Å². The molecule has 0 heterocycles. The second kappa shape index (κ2) is 14.4. The average molecular weight is 509 g/mol. The smallest absolute Gasteiger partial charge is 0.328 e. The third kappa shape index (κ3) is 9.82. The Morgan fingerprint density at radius 3 is 1.92 bits per heavy atom. The Kier molecular flexibility index (Phi) is 12.3. The maximum absolute atomic E-state index is 13.3. The summed E-state index contributed by atoms with van der Waals surface area (Å²) in [5.74, 6) is -3.47. The van der Waals surface area contributed by atoms with E-state index < -0.39 is 54.0 Å². The number of hydrogen-bond acceptors (Lipinski definition) is 7. The molecule has 1 aromatic carbocycles. The molecule has 0 fully saturated rings. The Morgan fingerprint density at radius 1 is 0.889 bits per heavy atom. The van der Waals surface area contributed by atoms with Crippen LogP contribution in [0.2, 0.25) is 0 Å². The fraction of sp³-hybridized carbons (Fsp3) is 0.600. The van der Waals surface area contributed by atoms with E-state index in [2.05, 4.69) is 16.0 Å². The molecular formula is C25H40N4O7. The Balaban J connectivity index is 3.18. The summed E-state index contributed by atoms with van der Waals surface area (Å²) in [6.45, 7) is 8.71. The van der Waals surface area contributed by atoms with Crippen LogP contribution in [0.5, 0.6) is 5.75 Å². The molecular weight excluding hydrogens is 468 g/mol. The molecule has 6 unspecified atom stereocenters. The van der Waals surface area contributed by atoms with Crippen molar-refractivity contribution in [2.24, 2.45) is 17.6 Å². The first kappa shape index (κ1) is 30.9. The lowest BCUT2D eigenvalue weighted by molar-refractivity contribution is -0.145. The number of nitrogens with two attached hydrogens (primary N) is 1. The molecule has 6 atom stereocenters. The zero-order valence-electron chi connectivity index (χ0n) is 21.5. The number of rotatable bonds is 14. The largest absolute Gasteiger partial charge is 0.508 e. The molecule has 36 heavy (non-hydrogen) atoms. The summed E-state index contributed by atoms with van der Waals surface area (Å²) >= 11 is 0.